The number of hydrogen-bond acceptors (Lipinski definition) is 6. The van der Waals surface area contributed by atoms with E-state index in [0.717, 1.165) is 11.1 Å². The van der Waals surface area contributed by atoms with E-state index in [4.69, 9.17) is 0 Å². The number of carbonyl (C=O) groups excluding carboxylic acids is 2. The smallest absolute Gasteiger partial charge is 0.238 e. The predicted molar refractivity (Wildman–Crippen MR) is 124 cm³/mol. The molecule has 1 aliphatic carbocycles. The molecule has 1 aromatic rings. The van der Waals surface area contributed by atoms with E-state index >= 15 is 0 Å². The molecule has 2 fully saturated rings. The number of carbonyl (C=O) groups is 2. The van der Waals surface area contributed by atoms with Gasteiger partial charge in [0.1, 0.15) is 0 Å². The molecule has 0 bridgehead atoms. The Balaban J connectivity index is 1.82. The first-order valence-corrected chi connectivity index (χ1v) is 12.9. The Morgan fingerprint density at radius 2 is 1.67 bits per heavy atom. The van der Waals surface area contributed by atoms with Crippen molar-refractivity contribution in [2.75, 3.05) is 24.7 Å². The minimum atomic E-state index is -3.75. The standard InChI is InChI=1S/C24H32N2O6S/c1-24(2,3)33(31,32)25-14-18-20(19(25)10-12-28)15(9-11-27)13-17-21(18)23(30)26(22(17)29)16-7-5-4-6-8-16/h4-8,17-19,21,27-28H,9-14H2,1-3H3/t17-,18+,19+,21-/m1/s1. The van der Waals surface area contributed by atoms with Gasteiger partial charge < -0.3 is 10.2 Å². The lowest BCUT2D eigenvalue weighted by Crippen LogP contribution is -2.46. The Bertz CT molecular complexity index is 1080. The van der Waals surface area contributed by atoms with Crippen LogP contribution >= 0.6 is 0 Å². The summed E-state index contributed by atoms with van der Waals surface area (Å²) >= 11 is 0. The summed E-state index contributed by atoms with van der Waals surface area (Å²) in [7, 11) is -3.75. The zero-order valence-corrected chi connectivity index (χ0v) is 20.1. The van der Waals surface area contributed by atoms with Crippen molar-refractivity contribution in [3.05, 3.63) is 41.5 Å². The highest BCUT2D eigenvalue weighted by Gasteiger charge is 2.60. The van der Waals surface area contributed by atoms with E-state index in [0.29, 0.717) is 18.5 Å². The number of nitrogens with zero attached hydrogens (tertiary/aromatic N) is 2. The third kappa shape index (κ3) is 3.75. The van der Waals surface area contributed by atoms with Gasteiger partial charge >= 0.3 is 0 Å². The number of anilines is 1. The monoisotopic (exact) mass is 476 g/mol. The van der Waals surface area contributed by atoms with Crippen molar-refractivity contribution < 1.29 is 28.2 Å². The molecule has 1 aromatic carbocycles. The van der Waals surface area contributed by atoms with E-state index in [1.54, 1.807) is 45.0 Å². The van der Waals surface area contributed by atoms with Crippen LogP contribution in [0.1, 0.15) is 40.0 Å². The minimum absolute atomic E-state index is 0.0946. The maximum absolute atomic E-state index is 13.6. The third-order valence-electron chi connectivity index (χ3n) is 7.18. The van der Waals surface area contributed by atoms with E-state index in [1.165, 1.54) is 9.21 Å². The van der Waals surface area contributed by atoms with Crippen LogP contribution in [0.2, 0.25) is 0 Å². The fourth-order valence-corrected chi connectivity index (χ4v) is 7.29. The van der Waals surface area contributed by atoms with Crippen LogP contribution in [0.5, 0.6) is 0 Å². The fraction of sp³-hybridized carbons (Fsp3) is 0.583. The van der Waals surface area contributed by atoms with E-state index in [9.17, 15) is 28.2 Å². The van der Waals surface area contributed by atoms with Crippen LogP contribution in [-0.2, 0) is 19.6 Å². The maximum atomic E-state index is 13.6. The predicted octanol–water partition coefficient (Wildman–Crippen LogP) is 1.69. The molecule has 0 saturated carbocycles. The molecule has 0 unspecified atom stereocenters. The molecule has 33 heavy (non-hydrogen) atoms. The number of amides is 2. The van der Waals surface area contributed by atoms with Crippen molar-refractivity contribution in [3.8, 4) is 0 Å². The third-order valence-corrected chi connectivity index (χ3v) is 9.75. The summed E-state index contributed by atoms with van der Waals surface area (Å²) in [6, 6.07) is 8.20. The van der Waals surface area contributed by atoms with Crippen LogP contribution in [-0.4, -0.2) is 65.3 Å². The summed E-state index contributed by atoms with van der Waals surface area (Å²) in [5.41, 5.74) is 2.16. The normalized spacial score (nSPS) is 28.5. The van der Waals surface area contributed by atoms with Crippen LogP contribution in [0.3, 0.4) is 0 Å². The molecule has 2 amide bonds. The van der Waals surface area contributed by atoms with Crippen LogP contribution in [0.15, 0.2) is 41.5 Å². The molecular formula is C24H32N2O6S. The van der Waals surface area contributed by atoms with Gasteiger partial charge in [-0.25, -0.2) is 8.42 Å². The number of imide groups is 1. The molecule has 2 saturated heterocycles. The maximum Gasteiger partial charge on any atom is 0.238 e. The number of benzene rings is 1. The summed E-state index contributed by atoms with van der Waals surface area (Å²) in [5.74, 6) is -2.28. The zero-order chi connectivity index (χ0) is 24.1. The summed E-state index contributed by atoms with van der Waals surface area (Å²) in [5, 5.41) is 19.5. The minimum Gasteiger partial charge on any atom is -0.396 e. The van der Waals surface area contributed by atoms with Gasteiger partial charge in [-0.05, 0) is 57.7 Å². The zero-order valence-electron chi connectivity index (χ0n) is 19.3. The van der Waals surface area contributed by atoms with Crippen molar-refractivity contribution in [3.63, 3.8) is 0 Å². The molecule has 2 heterocycles. The fourth-order valence-electron chi connectivity index (χ4n) is 5.68. The van der Waals surface area contributed by atoms with Gasteiger partial charge in [-0.3, -0.25) is 14.5 Å². The Morgan fingerprint density at radius 1 is 1.00 bits per heavy atom. The first kappa shape index (κ1) is 24.1. The van der Waals surface area contributed by atoms with Crippen LogP contribution < -0.4 is 4.90 Å². The van der Waals surface area contributed by atoms with Crippen molar-refractivity contribution in [2.45, 2.75) is 50.8 Å². The second kappa shape index (κ2) is 8.61. The van der Waals surface area contributed by atoms with Gasteiger partial charge in [0.2, 0.25) is 21.8 Å². The molecule has 4 rings (SSSR count). The van der Waals surface area contributed by atoms with Crippen molar-refractivity contribution in [2.24, 2.45) is 17.8 Å². The van der Waals surface area contributed by atoms with Crippen LogP contribution in [0.25, 0.3) is 0 Å². The van der Waals surface area contributed by atoms with E-state index in [-0.39, 0.29) is 38.0 Å². The van der Waals surface area contributed by atoms with E-state index < -0.39 is 38.6 Å². The highest BCUT2D eigenvalue weighted by Crippen LogP contribution is 2.52. The molecule has 8 nitrogen and oxygen atoms in total. The number of sulfonamides is 1. The Morgan fingerprint density at radius 3 is 2.24 bits per heavy atom. The van der Waals surface area contributed by atoms with Gasteiger partial charge in [-0.1, -0.05) is 23.8 Å². The number of fused-ring (bicyclic) bond motifs is 3. The molecule has 2 aliphatic heterocycles. The van der Waals surface area contributed by atoms with E-state index in [1.807, 2.05) is 6.07 Å². The van der Waals surface area contributed by atoms with Gasteiger partial charge in [0, 0.05) is 31.7 Å². The number of rotatable bonds is 6. The molecule has 0 spiro atoms. The van der Waals surface area contributed by atoms with Gasteiger partial charge in [-0.15, -0.1) is 0 Å². The molecule has 3 aliphatic rings. The molecule has 4 atom stereocenters. The molecule has 9 heteroatoms. The Hall–Kier alpha value is -2.07. The lowest BCUT2D eigenvalue weighted by molar-refractivity contribution is -0.122. The van der Waals surface area contributed by atoms with Gasteiger partial charge in [0.05, 0.1) is 22.3 Å². The van der Waals surface area contributed by atoms with Gasteiger partial charge in [0.15, 0.2) is 0 Å². The quantitative estimate of drug-likeness (QED) is 0.477. The average molecular weight is 477 g/mol. The van der Waals surface area contributed by atoms with Crippen LogP contribution in [0.4, 0.5) is 5.69 Å². The van der Waals surface area contributed by atoms with Gasteiger partial charge in [-0.2, -0.15) is 4.31 Å². The number of aliphatic hydroxyl groups is 2. The highest BCUT2D eigenvalue weighted by molar-refractivity contribution is 7.90. The second-order valence-corrected chi connectivity index (χ2v) is 12.7. The largest absolute Gasteiger partial charge is 0.396 e. The average Bonchev–Trinajstić information content (AvgIpc) is 3.25. The van der Waals surface area contributed by atoms with Crippen molar-refractivity contribution in [1.29, 1.82) is 0 Å². The SMILES string of the molecule is CC(C)(C)S(=O)(=O)N1C[C@H]2C(=C(CCO)C[C@H]3C(=O)N(c4ccccc4)C(=O)[C@H]32)[C@@H]1CCO. The first-order chi connectivity index (χ1) is 15.5. The van der Waals surface area contributed by atoms with Crippen molar-refractivity contribution >= 4 is 27.5 Å². The highest BCUT2D eigenvalue weighted by atomic mass is 32.2. The molecule has 180 valence electrons. The molecule has 2 N–H and O–H groups in total. The molecule has 0 radical (unpaired) electrons. The first-order valence-electron chi connectivity index (χ1n) is 11.4. The second-order valence-electron chi connectivity index (χ2n) is 10.0. The molecular weight excluding hydrogens is 444 g/mol. The summed E-state index contributed by atoms with van der Waals surface area (Å²) in [6.45, 7) is 4.65. The van der Waals surface area contributed by atoms with E-state index in [2.05, 4.69) is 0 Å². The number of hydrogen-bond donors (Lipinski definition) is 2. The molecule has 0 aromatic heterocycles. The number of para-hydroxylation sites is 1. The Kier molecular flexibility index (Phi) is 6.28. The Labute approximate surface area is 194 Å². The topological polar surface area (TPSA) is 115 Å². The van der Waals surface area contributed by atoms with Crippen molar-refractivity contribution in [1.82, 2.24) is 4.31 Å². The lowest BCUT2D eigenvalue weighted by Gasteiger charge is -2.33. The van der Waals surface area contributed by atoms with Gasteiger partial charge in [0.25, 0.3) is 0 Å². The number of aliphatic hydroxyl groups excluding tert-OH is 2. The summed E-state index contributed by atoms with van der Waals surface area (Å²) in [4.78, 5) is 28.2. The summed E-state index contributed by atoms with van der Waals surface area (Å²) < 4.78 is 27.3. The van der Waals surface area contributed by atoms with Crippen LogP contribution in [0, 0.1) is 17.8 Å². The summed E-state index contributed by atoms with van der Waals surface area (Å²) in [6.07, 6.45) is 0.835. The lowest BCUT2D eigenvalue weighted by atomic mass is 9.69.